The summed E-state index contributed by atoms with van der Waals surface area (Å²) >= 11 is 0. The van der Waals surface area contributed by atoms with Gasteiger partial charge in [0, 0.05) is 12.2 Å². The standard InChI is InChI=1S/C10H14N2O3/c1-6(2)4-12-7(3)8(5-13)9(14)11-10(12)15/h5-6H,4H2,1-3H3,(H,11,14,15). The zero-order chi connectivity index (χ0) is 11.6. The monoisotopic (exact) mass is 210 g/mol. The van der Waals surface area contributed by atoms with Crippen LogP contribution >= 0.6 is 0 Å². The molecular formula is C10H14N2O3. The van der Waals surface area contributed by atoms with Crippen molar-refractivity contribution in [3.05, 3.63) is 32.1 Å². The number of aromatic nitrogens is 2. The average Bonchev–Trinajstić information content (AvgIpc) is 2.12. The van der Waals surface area contributed by atoms with Gasteiger partial charge in [-0.3, -0.25) is 19.1 Å². The Kier molecular flexibility index (Phi) is 3.24. The fourth-order valence-corrected chi connectivity index (χ4v) is 1.42. The number of nitrogens with one attached hydrogen (secondary N) is 1. The van der Waals surface area contributed by atoms with Crippen molar-refractivity contribution in [1.29, 1.82) is 0 Å². The lowest BCUT2D eigenvalue weighted by Gasteiger charge is -2.12. The highest BCUT2D eigenvalue weighted by Gasteiger charge is 2.10. The van der Waals surface area contributed by atoms with E-state index >= 15 is 0 Å². The first-order valence-electron chi connectivity index (χ1n) is 4.76. The maximum absolute atomic E-state index is 11.5. The summed E-state index contributed by atoms with van der Waals surface area (Å²) in [5.74, 6) is 0.270. The second-order valence-corrected chi connectivity index (χ2v) is 3.88. The SMILES string of the molecule is Cc1c(C=O)c(=O)[nH]c(=O)n1CC(C)C. The molecule has 0 saturated heterocycles. The van der Waals surface area contributed by atoms with Crippen molar-refractivity contribution in [2.45, 2.75) is 27.3 Å². The van der Waals surface area contributed by atoms with Gasteiger partial charge in [-0.05, 0) is 12.8 Å². The molecule has 1 aromatic heterocycles. The van der Waals surface area contributed by atoms with Crippen LogP contribution in [-0.2, 0) is 6.54 Å². The second-order valence-electron chi connectivity index (χ2n) is 3.88. The van der Waals surface area contributed by atoms with E-state index in [-0.39, 0.29) is 11.5 Å². The minimum Gasteiger partial charge on any atom is -0.298 e. The minimum absolute atomic E-state index is 0.0234. The molecule has 15 heavy (non-hydrogen) atoms. The molecule has 0 fully saturated rings. The van der Waals surface area contributed by atoms with E-state index in [9.17, 15) is 14.4 Å². The van der Waals surface area contributed by atoms with Crippen molar-refractivity contribution >= 4 is 6.29 Å². The smallest absolute Gasteiger partial charge is 0.298 e. The first-order valence-corrected chi connectivity index (χ1v) is 4.76. The van der Waals surface area contributed by atoms with Gasteiger partial charge in [0.05, 0.1) is 5.56 Å². The average molecular weight is 210 g/mol. The Morgan fingerprint density at radius 3 is 2.47 bits per heavy atom. The van der Waals surface area contributed by atoms with Crippen LogP contribution in [-0.4, -0.2) is 15.8 Å². The van der Waals surface area contributed by atoms with Gasteiger partial charge in [-0.15, -0.1) is 0 Å². The number of hydrogen-bond donors (Lipinski definition) is 1. The number of carbonyl (C=O) groups is 1. The van der Waals surface area contributed by atoms with Crippen LogP contribution in [0.3, 0.4) is 0 Å². The van der Waals surface area contributed by atoms with Crippen molar-refractivity contribution in [3.8, 4) is 0 Å². The summed E-state index contributed by atoms with van der Waals surface area (Å²) in [5, 5.41) is 0. The predicted octanol–water partition coefficient (Wildman–Crippen LogP) is 0.314. The number of aldehydes is 1. The van der Waals surface area contributed by atoms with Gasteiger partial charge in [-0.1, -0.05) is 13.8 Å². The third kappa shape index (κ3) is 2.23. The lowest BCUT2D eigenvalue weighted by atomic mass is 10.2. The summed E-state index contributed by atoms with van der Waals surface area (Å²) in [5.41, 5.74) is -0.632. The summed E-state index contributed by atoms with van der Waals surface area (Å²) < 4.78 is 1.41. The third-order valence-corrected chi connectivity index (χ3v) is 2.17. The van der Waals surface area contributed by atoms with Gasteiger partial charge in [-0.25, -0.2) is 4.79 Å². The molecule has 0 aromatic carbocycles. The Balaban J connectivity index is 3.46. The summed E-state index contributed by atoms with van der Waals surface area (Å²) in [6, 6.07) is 0. The Labute approximate surface area is 86.8 Å². The minimum atomic E-state index is -0.618. The van der Waals surface area contributed by atoms with E-state index in [0.717, 1.165) is 0 Å². The number of rotatable bonds is 3. The second kappa shape index (κ2) is 4.25. The van der Waals surface area contributed by atoms with E-state index in [0.29, 0.717) is 18.5 Å². The van der Waals surface area contributed by atoms with Crippen molar-refractivity contribution in [2.75, 3.05) is 0 Å². The van der Waals surface area contributed by atoms with Gasteiger partial charge in [-0.2, -0.15) is 0 Å². The van der Waals surface area contributed by atoms with Crippen molar-refractivity contribution in [2.24, 2.45) is 5.92 Å². The molecule has 1 N–H and O–H groups in total. The van der Waals surface area contributed by atoms with Crippen LogP contribution in [0.15, 0.2) is 9.59 Å². The molecule has 5 heteroatoms. The number of nitrogens with zero attached hydrogens (tertiary/aromatic N) is 1. The molecular weight excluding hydrogens is 196 g/mol. The summed E-state index contributed by atoms with van der Waals surface area (Å²) in [4.78, 5) is 35.5. The maximum Gasteiger partial charge on any atom is 0.328 e. The van der Waals surface area contributed by atoms with E-state index in [1.54, 1.807) is 6.92 Å². The number of aromatic amines is 1. The van der Waals surface area contributed by atoms with Gasteiger partial charge < -0.3 is 0 Å². The van der Waals surface area contributed by atoms with Crippen LogP contribution in [0.2, 0.25) is 0 Å². The molecule has 1 aromatic rings. The molecule has 1 heterocycles. The number of carbonyl (C=O) groups excluding carboxylic acids is 1. The molecule has 0 aliphatic heterocycles. The largest absolute Gasteiger partial charge is 0.328 e. The molecule has 5 nitrogen and oxygen atoms in total. The molecule has 0 spiro atoms. The van der Waals surface area contributed by atoms with Gasteiger partial charge >= 0.3 is 5.69 Å². The molecule has 0 atom stereocenters. The zero-order valence-corrected chi connectivity index (χ0v) is 9.03. The Morgan fingerprint density at radius 1 is 1.40 bits per heavy atom. The molecule has 82 valence electrons. The van der Waals surface area contributed by atoms with E-state index < -0.39 is 11.2 Å². The molecule has 0 bridgehead atoms. The summed E-state index contributed by atoms with van der Waals surface area (Å²) in [6.07, 6.45) is 0.477. The Hall–Kier alpha value is -1.65. The molecule has 0 aliphatic carbocycles. The first kappa shape index (κ1) is 11.4. The van der Waals surface area contributed by atoms with Crippen LogP contribution in [0, 0.1) is 12.8 Å². The van der Waals surface area contributed by atoms with Crippen LogP contribution < -0.4 is 11.2 Å². The van der Waals surface area contributed by atoms with Gasteiger partial charge in [0.2, 0.25) is 0 Å². The van der Waals surface area contributed by atoms with Crippen molar-refractivity contribution in [3.63, 3.8) is 0 Å². The van der Waals surface area contributed by atoms with Crippen LogP contribution in [0.25, 0.3) is 0 Å². The van der Waals surface area contributed by atoms with E-state index in [4.69, 9.17) is 0 Å². The van der Waals surface area contributed by atoms with Crippen LogP contribution in [0.4, 0.5) is 0 Å². The first-order chi connectivity index (χ1) is 6.97. The van der Waals surface area contributed by atoms with Crippen molar-refractivity contribution in [1.82, 2.24) is 9.55 Å². The van der Waals surface area contributed by atoms with Gasteiger partial charge in [0.1, 0.15) is 0 Å². The number of hydrogen-bond acceptors (Lipinski definition) is 3. The Morgan fingerprint density at radius 2 is 2.00 bits per heavy atom. The van der Waals surface area contributed by atoms with Gasteiger partial charge in [0.25, 0.3) is 5.56 Å². The zero-order valence-electron chi connectivity index (χ0n) is 9.03. The highest BCUT2D eigenvalue weighted by molar-refractivity contribution is 5.75. The third-order valence-electron chi connectivity index (χ3n) is 2.17. The van der Waals surface area contributed by atoms with Crippen LogP contribution in [0.1, 0.15) is 29.9 Å². The summed E-state index contributed by atoms with van der Waals surface area (Å²) in [7, 11) is 0. The number of H-pyrrole nitrogens is 1. The Bertz CT molecular complexity index is 482. The predicted molar refractivity (Wildman–Crippen MR) is 56.3 cm³/mol. The molecule has 0 aliphatic rings. The highest BCUT2D eigenvalue weighted by Crippen LogP contribution is 2.01. The fraction of sp³-hybridized carbons (Fsp3) is 0.500. The van der Waals surface area contributed by atoms with Gasteiger partial charge in [0.15, 0.2) is 6.29 Å². The molecule has 0 unspecified atom stereocenters. The summed E-state index contributed by atoms with van der Waals surface area (Å²) in [6.45, 7) is 6.00. The van der Waals surface area contributed by atoms with E-state index in [1.165, 1.54) is 4.57 Å². The van der Waals surface area contributed by atoms with Crippen molar-refractivity contribution < 1.29 is 4.79 Å². The lowest BCUT2D eigenvalue weighted by Crippen LogP contribution is -2.35. The molecule has 0 amide bonds. The van der Waals surface area contributed by atoms with Crippen LogP contribution in [0.5, 0.6) is 0 Å². The molecule has 0 radical (unpaired) electrons. The van der Waals surface area contributed by atoms with E-state index in [1.807, 2.05) is 13.8 Å². The highest BCUT2D eigenvalue weighted by atomic mass is 16.2. The topological polar surface area (TPSA) is 71.9 Å². The maximum atomic E-state index is 11.5. The lowest BCUT2D eigenvalue weighted by molar-refractivity contribution is 0.112. The molecule has 0 saturated carbocycles. The molecule has 1 rings (SSSR count). The quantitative estimate of drug-likeness (QED) is 0.730. The van der Waals surface area contributed by atoms with E-state index in [2.05, 4.69) is 4.98 Å². The normalized spacial score (nSPS) is 10.7. The fourth-order valence-electron chi connectivity index (χ4n) is 1.42.